The lowest BCUT2D eigenvalue weighted by molar-refractivity contribution is -0.119. The zero-order chi connectivity index (χ0) is 21.6. The molecule has 1 aliphatic carbocycles. The number of ether oxygens (including phenoxy) is 2. The molecular formula is C21H25N3O5S. The van der Waals surface area contributed by atoms with Gasteiger partial charge < -0.3 is 9.47 Å². The number of benzene rings is 2. The first kappa shape index (κ1) is 21.6. The Balaban J connectivity index is 1.97. The fourth-order valence-corrected chi connectivity index (χ4v) is 4.66. The number of carbonyl (C=O) groups excluding carboxylic acids is 1. The number of methoxy groups -OCH3 is 2. The van der Waals surface area contributed by atoms with E-state index < -0.39 is 22.5 Å². The monoisotopic (exact) mass is 431 g/mol. The molecule has 0 unspecified atom stereocenters. The number of amides is 1. The normalized spacial score (nSPS) is 13.6. The van der Waals surface area contributed by atoms with Gasteiger partial charge in [-0.25, -0.2) is 13.8 Å². The van der Waals surface area contributed by atoms with Crippen molar-refractivity contribution in [2.75, 3.05) is 25.1 Å². The number of hydrazone groups is 1. The van der Waals surface area contributed by atoms with Crippen LogP contribution in [-0.4, -0.2) is 40.8 Å². The summed E-state index contributed by atoms with van der Waals surface area (Å²) in [5.74, 6) is 0.236. The fraction of sp³-hybridized carbons (Fsp3) is 0.333. The maximum atomic E-state index is 13.4. The number of hydrogen-bond acceptors (Lipinski definition) is 6. The number of nitrogens with one attached hydrogen (secondary N) is 1. The van der Waals surface area contributed by atoms with Crippen LogP contribution in [0.2, 0.25) is 0 Å². The Bertz CT molecular complexity index is 1010. The molecule has 1 aliphatic rings. The highest BCUT2D eigenvalue weighted by Crippen LogP contribution is 2.35. The molecule has 0 saturated heterocycles. The van der Waals surface area contributed by atoms with Crippen LogP contribution < -0.4 is 19.2 Å². The van der Waals surface area contributed by atoms with Crippen LogP contribution in [0.3, 0.4) is 0 Å². The molecule has 2 aromatic rings. The Kier molecular flexibility index (Phi) is 6.94. The largest absolute Gasteiger partial charge is 0.497 e. The van der Waals surface area contributed by atoms with Gasteiger partial charge in [-0.2, -0.15) is 5.10 Å². The van der Waals surface area contributed by atoms with E-state index in [9.17, 15) is 13.2 Å². The smallest absolute Gasteiger partial charge is 0.264 e. The molecule has 0 heterocycles. The number of sulfonamides is 1. The van der Waals surface area contributed by atoms with E-state index in [2.05, 4.69) is 10.5 Å². The van der Waals surface area contributed by atoms with Gasteiger partial charge in [0.2, 0.25) is 0 Å². The second kappa shape index (κ2) is 9.62. The van der Waals surface area contributed by atoms with E-state index in [-0.39, 0.29) is 16.3 Å². The van der Waals surface area contributed by atoms with E-state index in [0.29, 0.717) is 5.75 Å². The standard InChI is InChI=1S/C21H25N3O5S/c1-28-17-12-13-19(20(14-17)29-2)24(30(26,27)18-10-4-3-5-11-18)15-21(25)23-22-16-8-6-7-9-16/h3-5,10-14H,6-9,15H2,1-2H3,(H,23,25). The quantitative estimate of drug-likeness (QED) is 0.648. The molecule has 0 spiro atoms. The summed E-state index contributed by atoms with van der Waals surface area (Å²) in [6.45, 7) is -0.448. The molecule has 8 nitrogen and oxygen atoms in total. The summed E-state index contributed by atoms with van der Waals surface area (Å²) in [5.41, 5.74) is 3.63. The average molecular weight is 432 g/mol. The molecule has 1 saturated carbocycles. The zero-order valence-corrected chi connectivity index (χ0v) is 17.8. The van der Waals surface area contributed by atoms with Crippen molar-refractivity contribution in [2.45, 2.75) is 30.6 Å². The minimum atomic E-state index is -4.04. The molecule has 30 heavy (non-hydrogen) atoms. The second-order valence-electron chi connectivity index (χ2n) is 6.78. The third kappa shape index (κ3) is 4.91. The summed E-state index contributed by atoms with van der Waals surface area (Å²) < 4.78 is 38.3. The summed E-state index contributed by atoms with van der Waals surface area (Å²) >= 11 is 0. The topological polar surface area (TPSA) is 97.3 Å². The van der Waals surface area contributed by atoms with Crippen LogP contribution in [0.4, 0.5) is 5.69 Å². The zero-order valence-electron chi connectivity index (χ0n) is 17.0. The van der Waals surface area contributed by atoms with Gasteiger partial charge in [0.1, 0.15) is 18.0 Å². The highest BCUT2D eigenvalue weighted by Gasteiger charge is 2.29. The Hall–Kier alpha value is -3.07. The van der Waals surface area contributed by atoms with Gasteiger partial charge in [0.05, 0.1) is 24.8 Å². The van der Waals surface area contributed by atoms with Gasteiger partial charge >= 0.3 is 0 Å². The molecule has 0 atom stereocenters. The van der Waals surface area contributed by atoms with E-state index in [1.807, 2.05) is 0 Å². The van der Waals surface area contributed by atoms with Gasteiger partial charge in [0.25, 0.3) is 15.9 Å². The van der Waals surface area contributed by atoms with Crippen molar-refractivity contribution in [1.82, 2.24) is 5.43 Å². The van der Waals surface area contributed by atoms with Crippen LogP contribution in [0, 0.1) is 0 Å². The average Bonchev–Trinajstić information content (AvgIpc) is 3.30. The highest BCUT2D eigenvalue weighted by atomic mass is 32.2. The Morgan fingerprint density at radius 1 is 1.07 bits per heavy atom. The van der Waals surface area contributed by atoms with Crippen molar-refractivity contribution in [1.29, 1.82) is 0 Å². The lowest BCUT2D eigenvalue weighted by Gasteiger charge is -2.25. The molecular weight excluding hydrogens is 406 g/mol. The predicted octanol–water partition coefficient (Wildman–Crippen LogP) is 2.95. The number of rotatable bonds is 8. The minimum Gasteiger partial charge on any atom is -0.497 e. The summed E-state index contributed by atoms with van der Waals surface area (Å²) in [4.78, 5) is 12.7. The summed E-state index contributed by atoms with van der Waals surface area (Å²) in [6, 6.07) is 12.7. The first-order valence-corrected chi connectivity index (χ1v) is 11.0. The van der Waals surface area contributed by atoms with Crippen LogP contribution in [-0.2, 0) is 14.8 Å². The van der Waals surface area contributed by atoms with Crippen molar-refractivity contribution in [3.63, 3.8) is 0 Å². The van der Waals surface area contributed by atoms with Crippen LogP contribution in [0.15, 0.2) is 58.5 Å². The van der Waals surface area contributed by atoms with Gasteiger partial charge in [0.15, 0.2) is 0 Å². The van der Waals surface area contributed by atoms with Gasteiger partial charge in [0, 0.05) is 11.8 Å². The summed E-state index contributed by atoms with van der Waals surface area (Å²) in [5, 5.41) is 4.14. The first-order valence-electron chi connectivity index (χ1n) is 9.60. The SMILES string of the molecule is COc1ccc(N(CC(=O)NN=C2CCCC2)S(=O)(=O)c2ccccc2)c(OC)c1. The third-order valence-electron chi connectivity index (χ3n) is 4.79. The predicted molar refractivity (Wildman–Crippen MR) is 115 cm³/mol. The summed E-state index contributed by atoms with van der Waals surface area (Å²) in [7, 11) is -1.10. The van der Waals surface area contributed by atoms with E-state index >= 15 is 0 Å². The second-order valence-corrected chi connectivity index (χ2v) is 8.64. The van der Waals surface area contributed by atoms with Gasteiger partial charge in [-0.1, -0.05) is 18.2 Å². The van der Waals surface area contributed by atoms with Gasteiger partial charge in [-0.3, -0.25) is 9.10 Å². The third-order valence-corrected chi connectivity index (χ3v) is 6.57. The molecule has 0 aliphatic heterocycles. The number of hydrogen-bond donors (Lipinski definition) is 1. The maximum Gasteiger partial charge on any atom is 0.264 e. The van der Waals surface area contributed by atoms with Crippen LogP contribution in [0.25, 0.3) is 0 Å². The number of anilines is 1. The maximum absolute atomic E-state index is 13.4. The Morgan fingerprint density at radius 2 is 1.77 bits per heavy atom. The van der Waals surface area contributed by atoms with Crippen molar-refractivity contribution >= 4 is 27.3 Å². The Labute approximate surface area is 176 Å². The van der Waals surface area contributed by atoms with Crippen molar-refractivity contribution in [2.24, 2.45) is 5.10 Å². The Morgan fingerprint density at radius 3 is 2.40 bits per heavy atom. The molecule has 1 N–H and O–H groups in total. The van der Waals surface area contributed by atoms with Gasteiger partial charge in [-0.05, 0) is 49.9 Å². The lowest BCUT2D eigenvalue weighted by Crippen LogP contribution is -2.40. The van der Waals surface area contributed by atoms with Crippen molar-refractivity contribution in [3.05, 3.63) is 48.5 Å². The number of carbonyl (C=O) groups is 1. The van der Waals surface area contributed by atoms with E-state index in [1.54, 1.807) is 36.4 Å². The molecule has 160 valence electrons. The van der Waals surface area contributed by atoms with E-state index in [4.69, 9.17) is 9.47 Å². The molecule has 1 fully saturated rings. The van der Waals surface area contributed by atoms with E-state index in [0.717, 1.165) is 35.7 Å². The minimum absolute atomic E-state index is 0.0674. The molecule has 2 aromatic carbocycles. The molecule has 0 aromatic heterocycles. The molecule has 3 rings (SSSR count). The van der Waals surface area contributed by atoms with Crippen LogP contribution in [0.5, 0.6) is 11.5 Å². The van der Waals surface area contributed by atoms with E-state index in [1.165, 1.54) is 26.4 Å². The van der Waals surface area contributed by atoms with Gasteiger partial charge in [-0.15, -0.1) is 0 Å². The highest BCUT2D eigenvalue weighted by molar-refractivity contribution is 7.92. The first-order chi connectivity index (χ1) is 14.5. The lowest BCUT2D eigenvalue weighted by atomic mass is 10.2. The fourth-order valence-electron chi connectivity index (χ4n) is 3.21. The molecule has 1 amide bonds. The van der Waals surface area contributed by atoms with Crippen LogP contribution in [0.1, 0.15) is 25.7 Å². The number of nitrogens with zero attached hydrogens (tertiary/aromatic N) is 2. The molecule has 0 radical (unpaired) electrons. The molecule has 9 heteroatoms. The molecule has 0 bridgehead atoms. The van der Waals surface area contributed by atoms with Crippen molar-refractivity contribution < 1.29 is 22.7 Å². The van der Waals surface area contributed by atoms with Crippen LogP contribution >= 0.6 is 0 Å². The summed E-state index contributed by atoms with van der Waals surface area (Å²) in [6.07, 6.45) is 3.79. The van der Waals surface area contributed by atoms with Crippen molar-refractivity contribution in [3.8, 4) is 11.5 Å².